The molecular formula is C21H21BrN6O. The van der Waals surface area contributed by atoms with E-state index in [0.29, 0.717) is 18.4 Å². The average molecular weight is 453 g/mol. The van der Waals surface area contributed by atoms with Crippen molar-refractivity contribution in [3.05, 3.63) is 52.4 Å². The maximum Gasteiger partial charge on any atom is 0.165 e. The highest BCUT2D eigenvalue weighted by molar-refractivity contribution is 9.10. The standard InChI is InChI=1S/C21H21BrN6O/c1-12-2-3-17-13(6-12)7-14(8-25-17)16-9-26-28-20(23)19(22)18(27-21(16)28)10-24-15-4-5-29-11-15/h2-3,6-9,15,24H,4-5,10-11,23H2,1H3/t15-/m0/s1. The van der Waals surface area contributed by atoms with Gasteiger partial charge < -0.3 is 15.8 Å². The van der Waals surface area contributed by atoms with Gasteiger partial charge in [0.25, 0.3) is 0 Å². The largest absolute Gasteiger partial charge is 0.383 e. The fraction of sp³-hybridized carbons (Fsp3) is 0.286. The Labute approximate surface area is 176 Å². The molecule has 1 aliphatic heterocycles. The molecule has 0 bridgehead atoms. The van der Waals surface area contributed by atoms with Gasteiger partial charge >= 0.3 is 0 Å². The van der Waals surface area contributed by atoms with Crippen LogP contribution in [0.3, 0.4) is 0 Å². The number of hydrogen-bond acceptors (Lipinski definition) is 6. The van der Waals surface area contributed by atoms with Gasteiger partial charge in [0, 0.05) is 41.9 Å². The summed E-state index contributed by atoms with van der Waals surface area (Å²) < 4.78 is 7.87. The van der Waals surface area contributed by atoms with Gasteiger partial charge in [-0.3, -0.25) is 4.98 Å². The van der Waals surface area contributed by atoms with Crippen LogP contribution in [-0.2, 0) is 11.3 Å². The second-order valence-corrected chi connectivity index (χ2v) is 8.21. The molecule has 0 spiro atoms. The number of pyridine rings is 1. The molecule has 1 saturated heterocycles. The second-order valence-electron chi connectivity index (χ2n) is 7.41. The van der Waals surface area contributed by atoms with Gasteiger partial charge in [-0.15, -0.1) is 0 Å². The lowest BCUT2D eigenvalue weighted by molar-refractivity contribution is 0.189. The van der Waals surface area contributed by atoms with Crippen molar-refractivity contribution in [2.75, 3.05) is 18.9 Å². The monoisotopic (exact) mass is 452 g/mol. The van der Waals surface area contributed by atoms with Crippen molar-refractivity contribution in [2.45, 2.75) is 25.9 Å². The molecule has 1 atom stereocenters. The summed E-state index contributed by atoms with van der Waals surface area (Å²) in [4.78, 5) is 9.48. The molecule has 4 aromatic rings. The van der Waals surface area contributed by atoms with Crippen LogP contribution in [-0.4, -0.2) is 38.8 Å². The number of rotatable bonds is 4. The molecule has 148 valence electrons. The van der Waals surface area contributed by atoms with E-state index in [1.54, 1.807) is 10.7 Å². The molecule has 5 rings (SSSR count). The molecule has 3 N–H and O–H groups in total. The van der Waals surface area contributed by atoms with Crippen LogP contribution in [0.5, 0.6) is 0 Å². The van der Waals surface area contributed by atoms with E-state index >= 15 is 0 Å². The molecule has 3 aromatic heterocycles. The van der Waals surface area contributed by atoms with E-state index in [-0.39, 0.29) is 0 Å². The van der Waals surface area contributed by atoms with Crippen LogP contribution < -0.4 is 11.1 Å². The lowest BCUT2D eigenvalue weighted by Crippen LogP contribution is -2.29. The SMILES string of the molecule is Cc1ccc2ncc(-c3cnn4c(N)c(Br)c(CN[C@H]5CCOC5)nc34)cc2c1. The van der Waals surface area contributed by atoms with Gasteiger partial charge in [0.2, 0.25) is 0 Å². The van der Waals surface area contributed by atoms with E-state index < -0.39 is 0 Å². The Bertz CT molecular complexity index is 1210. The highest BCUT2D eigenvalue weighted by atomic mass is 79.9. The number of fused-ring (bicyclic) bond motifs is 2. The second kappa shape index (κ2) is 7.37. The maximum absolute atomic E-state index is 6.35. The number of ether oxygens (including phenoxy) is 1. The molecule has 1 fully saturated rings. The average Bonchev–Trinajstić information content (AvgIpc) is 3.39. The summed E-state index contributed by atoms with van der Waals surface area (Å²) >= 11 is 3.59. The number of nitrogen functional groups attached to an aromatic ring is 1. The number of halogens is 1. The van der Waals surface area contributed by atoms with Gasteiger partial charge in [0.1, 0.15) is 5.82 Å². The zero-order valence-electron chi connectivity index (χ0n) is 16.0. The summed E-state index contributed by atoms with van der Waals surface area (Å²) in [6.07, 6.45) is 4.67. The van der Waals surface area contributed by atoms with Gasteiger partial charge in [-0.2, -0.15) is 9.61 Å². The van der Waals surface area contributed by atoms with Crippen LogP contribution in [0.2, 0.25) is 0 Å². The molecule has 29 heavy (non-hydrogen) atoms. The minimum atomic E-state index is 0.346. The fourth-order valence-electron chi connectivity index (χ4n) is 3.70. The molecule has 0 aliphatic carbocycles. The lowest BCUT2D eigenvalue weighted by atomic mass is 10.1. The zero-order chi connectivity index (χ0) is 20.0. The third kappa shape index (κ3) is 3.37. The van der Waals surface area contributed by atoms with Crippen LogP contribution in [0.4, 0.5) is 5.82 Å². The van der Waals surface area contributed by atoms with Crippen molar-refractivity contribution in [1.29, 1.82) is 0 Å². The summed E-state index contributed by atoms with van der Waals surface area (Å²) in [5.41, 5.74) is 12.0. The third-order valence-electron chi connectivity index (χ3n) is 5.33. The molecule has 1 aromatic carbocycles. The quantitative estimate of drug-likeness (QED) is 0.492. The Morgan fingerprint density at radius 1 is 1.31 bits per heavy atom. The van der Waals surface area contributed by atoms with Crippen molar-refractivity contribution >= 4 is 38.3 Å². The van der Waals surface area contributed by atoms with Crippen molar-refractivity contribution in [1.82, 2.24) is 24.9 Å². The number of anilines is 1. The van der Waals surface area contributed by atoms with E-state index in [4.69, 9.17) is 15.5 Å². The number of aromatic nitrogens is 4. The summed E-state index contributed by atoms with van der Waals surface area (Å²) in [5, 5.41) is 9.05. The third-order valence-corrected chi connectivity index (χ3v) is 6.19. The number of hydrogen-bond donors (Lipinski definition) is 2. The summed E-state index contributed by atoms with van der Waals surface area (Å²) in [5.74, 6) is 0.533. The van der Waals surface area contributed by atoms with Crippen LogP contribution in [0, 0.1) is 6.92 Å². The Balaban J connectivity index is 1.57. The Morgan fingerprint density at radius 2 is 2.21 bits per heavy atom. The first-order valence-corrected chi connectivity index (χ1v) is 10.4. The highest BCUT2D eigenvalue weighted by Gasteiger charge is 2.19. The summed E-state index contributed by atoms with van der Waals surface area (Å²) in [7, 11) is 0. The summed E-state index contributed by atoms with van der Waals surface area (Å²) in [6, 6.07) is 8.71. The number of aryl methyl sites for hydroxylation is 1. The molecule has 0 unspecified atom stereocenters. The molecule has 4 heterocycles. The normalized spacial score (nSPS) is 16.8. The van der Waals surface area contributed by atoms with Gasteiger partial charge in [-0.25, -0.2) is 4.98 Å². The van der Waals surface area contributed by atoms with E-state index in [2.05, 4.69) is 56.5 Å². The van der Waals surface area contributed by atoms with Crippen LogP contribution >= 0.6 is 15.9 Å². The molecule has 1 aliphatic rings. The van der Waals surface area contributed by atoms with Gasteiger partial charge in [0.05, 0.1) is 28.5 Å². The van der Waals surface area contributed by atoms with Crippen molar-refractivity contribution in [3.63, 3.8) is 0 Å². The minimum absolute atomic E-state index is 0.346. The predicted molar refractivity (Wildman–Crippen MR) is 117 cm³/mol. The Hall–Kier alpha value is -2.55. The topological polar surface area (TPSA) is 90.4 Å². The Morgan fingerprint density at radius 3 is 3.03 bits per heavy atom. The van der Waals surface area contributed by atoms with E-state index in [1.165, 1.54) is 5.56 Å². The van der Waals surface area contributed by atoms with Crippen molar-refractivity contribution < 1.29 is 4.74 Å². The first-order valence-electron chi connectivity index (χ1n) is 9.59. The predicted octanol–water partition coefficient (Wildman–Crippen LogP) is 3.48. The lowest BCUT2D eigenvalue weighted by Gasteiger charge is -2.13. The van der Waals surface area contributed by atoms with Crippen molar-refractivity contribution in [2.24, 2.45) is 0 Å². The smallest absolute Gasteiger partial charge is 0.165 e. The first kappa shape index (κ1) is 18.5. The molecule has 0 amide bonds. The minimum Gasteiger partial charge on any atom is -0.383 e. The van der Waals surface area contributed by atoms with E-state index in [1.807, 2.05) is 12.3 Å². The van der Waals surface area contributed by atoms with Crippen LogP contribution in [0.15, 0.2) is 41.1 Å². The summed E-state index contributed by atoms with van der Waals surface area (Å²) in [6.45, 7) is 4.22. The Kier molecular flexibility index (Phi) is 4.69. The first-order chi connectivity index (χ1) is 14.1. The number of nitrogens with one attached hydrogen (secondary N) is 1. The van der Waals surface area contributed by atoms with E-state index in [9.17, 15) is 0 Å². The van der Waals surface area contributed by atoms with Crippen LogP contribution in [0.25, 0.3) is 27.7 Å². The number of nitrogens with zero attached hydrogens (tertiary/aromatic N) is 4. The van der Waals surface area contributed by atoms with Gasteiger partial charge in [-0.1, -0.05) is 11.6 Å². The van der Waals surface area contributed by atoms with Crippen molar-refractivity contribution in [3.8, 4) is 11.1 Å². The van der Waals surface area contributed by atoms with Gasteiger partial charge in [0.15, 0.2) is 5.65 Å². The zero-order valence-corrected chi connectivity index (χ0v) is 17.6. The number of nitrogens with two attached hydrogens (primary N) is 1. The van der Waals surface area contributed by atoms with Crippen LogP contribution in [0.1, 0.15) is 17.7 Å². The molecule has 0 radical (unpaired) electrons. The molecule has 7 nitrogen and oxygen atoms in total. The van der Waals surface area contributed by atoms with Gasteiger partial charge in [-0.05, 0) is 47.5 Å². The van der Waals surface area contributed by atoms with E-state index in [0.717, 1.165) is 57.5 Å². The number of benzene rings is 1. The fourth-order valence-corrected chi connectivity index (χ4v) is 4.10. The highest BCUT2D eigenvalue weighted by Crippen LogP contribution is 2.31. The molecule has 8 heteroatoms. The molecule has 0 saturated carbocycles. The molecular weight excluding hydrogens is 432 g/mol. The maximum atomic E-state index is 6.35.